The van der Waals surface area contributed by atoms with Crippen molar-refractivity contribution in [2.45, 2.75) is 6.04 Å². The first kappa shape index (κ1) is 20.7. The number of aliphatic hydroxyl groups is 1. The van der Waals surface area contributed by atoms with Gasteiger partial charge in [0.1, 0.15) is 17.3 Å². The molecule has 0 aliphatic carbocycles. The molecule has 1 heterocycles. The van der Waals surface area contributed by atoms with Crippen LogP contribution in [-0.2, 0) is 9.59 Å². The highest BCUT2D eigenvalue weighted by molar-refractivity contribution is 6.51. The number of nitro benzene ring substituents is 1. The predicted molar refractivity (Wildman–Crippen MR) is 112 cm³/mol. The smallest absolute Gasteiger partial charge is 0.300 e. The number of nitro groups is 1. The Kier molecular flexibility index (Phi) is 5.15. The lowest BCUT2D eigenvalue weighted by atomic mass is 9.95. The quantitative estimate of drug-likeness (QED) is 0.210. The number of rotatable bonds is 4. The van der Waals surface area contributed by atoms with Gasteiger partial charge in [0.15, 0.2) is 0 Å². The van der Waals surface area contributed by atoms with Gasteiger partial charge in [-0.25, -0.2) is 4.39 Å². The van der Waals surface area contributed by atoms with E-state index in [9.17, 15) is 34.3 Å². The number of aromatic hydroxyl groups is 1. The van der Waals surface area contributed by atoms with Gasteiger partial charge < -0.3 is 10.2 Å². The minimum Gasteiger partial charge on any atom is -0.508 e. The first-order valence-corrected chi connectivity index (χ1v) is 9.38. The SMILES string of the molecule is O=C1C(=O)N(c2cccc(F)c2)C(c2ccc(O)cc2)/C1=C(\O)c1ccc([N+](=O)[O-])cc1. The molecule has 9 heteroatoms. The van der Waals surface area contributed by atoms with Crippen molar-refractivity contribution in [3.63, 3.8) is 0 Å². The minimum atomic E-state index is -1.12. The van der Waals surface area contributed by atoms with E-state index in [4.69, 9.17) is 0 Å². The molecule has 0 aromatic heterocycles. The van der Waals surface area contributed by atoms with Crippen molar-refractivity contribution < 1.29 is 29.1 Å². The molecule has 0 saturated carbocycles. The highest BCUT2D eigenvalue weighted by atomic mass is 19.1. The summed E-state index contributed by atoms with van der Waals surface area (Å²) >= 11 is 0. The average Bonchev–Trinajstić information content (AvgIpc) is 3.04. The van der Waals surface area contributed by atoms with E-state index in [2.05, 4.69) is 0 Å². The van der Waals surface area contributed by atoms with Crippen molar-refractivity contribution in [2.75, 3.05) is 4.90 Å². The predicted octanol–water partition coefficient (Wildman–Crippen LogP) is 4.07. The van der Waals surface area contributed by atoms with Gasteiger partial charge in [-0.2, -0.15) is 0 Å². The number of hydrogen-bond acceptors (Lipinski definition) is 6. The van der Waals surface area contributed by atoms with Crippen LogP contribution >= 0.6 is 0 Å². The second kappa shape index (κ2) is 7.95. The average molecular weight is 434 g/mol. The van der Waals surface area contributed by atoms with E-state index < -0.39 is 34.2 Å². The van der Waals surface area contributed by atoms with Gasteiger partial charge in [-0.15, -0.1) is 0 Å². The number of phenolic OH excluding ortho intramolecular Hbond substituents is 1. The fourth-order valence-corrected chi connectivity index (χ4v) is 3.59. The summed E-state index contributed by atoms with van der Waals surface area (Å²) in [7, 11) is 0. The van der Waals surface area contributed by atoms with Gasteiger partial charge in [0, 0.05) is 23.4 Å². The number of nitrogens with zero attached hydrogens (tertiary/aromatic N) is 2. The molecule has 3 aromatic rings. The zero-order valence-corrected chi connectivity index (χ0v) is 16.3. The molecule has 0 radical (unpaired) electrons. The number of ketones is 1. The first-order valence-electron chi connectivity index (χ1n) is 9.38. The standard InChI is InChI=1S/C23H15FN2O6/c24-15-2-1-3-17(12-15)25-20(13-6-10-18(27)11-7-13)19(22(29)23(25)30)21(28)14-4-8-16(9-5-14)26(31)32/h1-12,20,27-28H/b21-19+. The van der Waals surface area contributed by atoms with Crippen LogP contribution in [0.2, 0.25) is 0 Å². The van der Waals surface area contributed by atoms with Crippen LogP contribution < -0.4 is 4.90 Å². The number of phenols is 1. The normalized spacial score (nSPS) is 17.5. The number of carbonyl (C=O) groups is 2. The number of non-ortho nitro benzene ring substituents is 1. The Labute approximate surface area is 180 Å². The zero-order chi connectivity index (χ0) is 23.0. The number of halogens is 1. The summed E-state index contributed by atoms with van der Waals surface area (Å²) < 4.78 is 13.9. The van der Waals surface area contributed by atoms with Gasteiger partial charge in [-0.05, 0) is 48.0 Å². The molecule has 1 atom stereocenters. The van der Waals surface area contributed by atoms with Crippen molar-refractivity contribution in [3.05, 3.63) is 105 Å². The molecular formula is C23H15FN2O6. The maximum atomic E-state index is 13.9. The monoisotopic (exact) mass is 434 g/mol. The van der Waals surface area contributed by atoms with Crippen LogP contribution in [0.4, 0.5) is 15.8 Å². The first-order chi connectivity index (χ1) is 15.3. The Morgan fingerprint density at radius 3 is 2.25 bits per heavy atom. The number of anilines is 1. The summed E-state index contributed by atoms with van der Waals surface area (Å²) in [6, 6.07) is 14.5. The topological polar surface area (TPSA) is 121 Å². The molecule has 32 heavy (non-hydrogen) atoms. The van der Waals surface area contributed by atoms with E-state index >= 15 is 0 Å². The van der Waals surface area contributed by atoms with Crippen molar-refractivity contribution in [2.24, 2.45) is 0 Å². The Balaban J connectivity index is 1.92. The van der Waals surface area contributed by atoms with Crippen LogP contribution in [0.5, 0.6) is 5.75 Å². The molecule has 1 fully saturated rings. The molecular weight excluding hydrogens is 419 g/mol. The van der Waals surface area contributed by atoms with Gasteiger partial charge >= 0.3 is 0 Å². The number of aliphatic hydroxyl groups excluding tert-OH is 1. The fourth-order valence-electron chi connectivity index (χ4n) is 3.59. The molecule has 2 N–H and O–H groups in total. The number of benzene rings is 3. The van der Waals surface area contributed by atoms with Crippen LogP contribution in [0.25, 0.3) is 5.76 Å². The number of amides is 1. The van der Waals surface area contributed by atoms with Crippen LogP contribution in [0.15, 0.2) is 78.4 Å². The van der Waals surface area contributed by atoms with Gasteiger partial charge in [-0.3, -0.25) is 24.6 Å². The van der Waals surface area contributed by atoms with Crippen molar-refractivity contribution >= 4 is 28.8 Å². The summed E-state index contributed by atoms with van der Waals surface area (Å²) in [5.41, 5.74) is 0.106. The van der Waals surface area contributed by atoms with Crippen LogP contribution in [0.1, 0.15) is 17.2 Å². The number of carbonyl (C=O) groups excluding carboxylic acids is 2. The second-order valence-corrected chi connectivity index (χ2v) is 7.04. The second-order valence-electron chi connectivity index (χ2n) is 7.04. The van der Waals surface area contributed by atoms with E-state index in [1.165, 1.54) is 54.6 Å². The summed E-state index contributed by atoms with van der Waals surface area (Å²) in [5.74, 6) is -3.17. The maximum Gasteiger partial charge on any atom is 0.300 e. The molecule has 3 aromatic carbocycles. The lowest BCUT2D eigenvalue weighted by Gasteiger charge is -2.25. The molecule has 160 valence electrons. The van der Waals surface area contributed by atoms with E-state index in [0.29, 0.717) is 5.56 Å². The Morgan fingerprint density at radius 1 is 1.00 bits per heavy atom. The third kappa shape index (κ3) is 3.56. The summed E-state index contributed by atoms with van der Waals surface area (Å²) in [6.07, 6.45) is 0. The highest BCUT2D eigenvalue weighted by Crippen LogP contribution is 2.42. The highest BCUT2D eigenvalue weighted by Gasteiger charge is 2.47. The van der Waals surface area contributed by atoms with Crippen LogP contribution in [0, 0.1) is 15.9 Å². The van der Waals surface area contributed by atoms with Crippen molar-refractivity contribution in [3.8, 4) is 5.75 Å². The van der Waals surface area contributed by atoms with Crippen LogP contribution in [-0.4, -0.2) is 26.8 Å². The van der Waals surface area contributed by atoms with E-state index in [1.807, 2.05) is 0 Å². The Hall–Kier alpha value is -4.53. The molecule has 1 aliphatic heterocycles. The van der Waals surface area contributed by atoms with Crippen LogP contribution in [0.3, 0.4) is 0 Å². The van der Waals surface area contributed by atoms with E-state index in [0.717, 1.165) is 23.1 Å². The molecule has 4 rings (SSSR count). The zero-order valence-electron chi connectivity index (χ0n) is 16.3. The van der Waals surface area contributed by atoms with Gasteiger partial charge in [0.05, 0.1) is 16.5 Å². The van der Waals surface area contributed by atoms with E-state index in [1.54, 1.807) is 0 Å². The van der Waals surface area contributed by atoms with Crippen molar-refractivity contribution in [1.82, 2.24) is 0 Å². The molecule has 8 nitrogen and oxygen atoms in total. The third-order valence-corrected chi connectivity index (χ3v) is 5.09. The molecule has 1 aliphatic rings. The summed E-state index contributed by atoms with van der Waals surface area (Å²) in [6.45, 7) is 0. The number of Topliss-reactive ketones (excluding diaryl/α,β-unsaturated/α-hetero) is 1. The molecule has 1 saturated heterocycles. The molecule has 0 spiro atoms. The summed E-state index contributed by atoms with van der Waals surface area (Å²) in [4.78, 5) is 37.2. The largest absolute Gasteiger partial charge is 0.508 e. The molecule has 0 bridgehead atoms. The lowest BCUT2D eigenvalue weighted by molar-refractivity contribution is -0.384. The minimum absolute atomic E-state index is 0.0492. The Morgan fingerprint density at radius 2 is 1.66 bits per heavy atom. The fraction of sp³-hybridized carbons (Fsp3) is 0.0435. The van der Waals surface area contributed by atoms with E-state index in [-0.39, 0.29) is 28.3 Å². The van der Waals surface area contributed by atoms with Gasteiger partial charge in [0.25, 0.3) is 17.4 Å². The third-order valence-electron chi connectivity index (χ3n) is 5.09. The summed E-state index contributed by atoms with van der Waals surface area (Å²) in [5, 5.41) is 31.5. The van der Waals surface area contributed by atoms with Crippen molar-refractivity contribution in [1.29, 1.82) is 0 Å². The number of hydrogen-bond donors (Lipinski definition) is 2. The van der Waals surface area contributed by atoms with Gasteiger partial charge in [-0.1, -0.05) is 18.2 Å². The molecule has 1 amide bonds. The lowest BCUT2D eigenvalue weighted by Crippen LogP contribution is -2.29. The molecule has 1 unspecified atom stereocenters. The van der Waals surface area contributed by atoms with Gasteiger partial charge in [0.2, 0.25) is 0 Å². The maximum absolute atomic E-state index is 13.9. The Bertz CT molecular complexity index is 1270.